The van der Waals surface area contributed by atoms with Crippen molar-refractivity contribution in [3.05, 3.63) is 0 Å². The van der Waals surface area contributed by atoms with E-state index < -0.39 is 50.0 Å². The van der Waals surface area contributed by atoms with Crippen LogP contribution in [-0.2, 0) is 31.7 Å². The molecule has 0 aromatic rings. The zero-order chi connectivity index (χ0) is 13.2. The molecule has 0 saturated carbocycles. The van der Waals surface area contributed by atoms with Crippen LogP contribution in [0.4, 0.5) is 26.3 Å². The number of hydrogen-bond donors (Lipinski definition) is 0. The molecule has 0 aromatic carbocycles. The number of halogens is 7. The van der Waals surface area contributed by atoms with Crippen molar-refractivity contribution in [3.8, 4) is 0 Å². The summed E-state index contributed by atoms with van der Waals surface area (Å²) in [5.41, 5.74) is 0. The molecule has 0 fully saturated rings. The van der Waals surface area contributed by atoms with Crippen molar-refractivity contribution in [1.29, 1.82) is 0 Å². The zero-order valence-electron chi connectivity index (χ0n) is 7.88. The summed E-state index contributed by atoms with van der Waals surface area (Å²) in [6.07, 6.45) is -5.80. The quantitative estimate of drug-likeness (QED) is 0.335. The Labute approximate surface area is 104 Å². The molecule has 2 nitrogen and oxygen atoms in total. The molecule has 0 N–H and O–H groups in total. The van der Waals surface area contributed by atoms with Gasteiger partial charge in [0.25, 0.3) is 0 Å². The van der Waals surface area contributed by atoms with E-state index in [0.29, 0.717) is 0 Å². The number of esters is 1. The molecule has 0 amide bonds. The summed E-state index contributed by atoms with van der Waals surface area (Å²) in [7, 11) is 0. The third-order valence-electron chi connectivity index (χ3n) is 1.66. The molecule has 0 aromatic heterocycles. The van der Waals surface area contributed by atoms with Gasteiger partial charge >= 0.3 is 105 Å². The van der Waals surface area contributed by atoms with Crippen molar-refractivity contribution in [1.82, 2.24) is 0 Å². The Balaban J connectivity index is 5.31. The second-order valence-electron chi connectivity index (χ2n) is 2.73. The Kier molecular flexibility index (Phi) is 5.56. The van der Waals surface area contributed by atoms with Gasteiger partial charge in [-0.25, -0.2) is 0 Å². The first-order valence-electron chi connectivity index (χ1n) is 3.91. The van der Waals surface area contributed by atoms with Crippen LogP contribution in [0.15, 0.2) is 0 Å². The maximum atomic E-state index is 13.3. The predicted molar refractivity (Wildman–Crippen MR) is 40.4 cm³/mol. The molecule has 1 unspecified atom stereocenters. The van der Waals surface area contributed by atoms with E-state index in [1.54, 1.807) is 0 Å². The van der Waals surface area contributed by atoms with E-state index in [-0.39, 0.29) is 0 Å². The van der Waals surface area contributed by atoms with Crippen molar-refractivity contribution >= 4 is 17.9 Å². The standard InChI is InChI=1S/C6H5F6O2.BrH.Hg/c1-2-14-4(13)5(8,9)3(7)6(10,11)12;;/h2H2,1H3;1H;/q;;+1/p-1. The topological polar surface area (TPSA) is 26.3 Å². The number of rotatable bonds is 4. The maximum absolute atomic E-state index is 13.3. The number of carbonyl (C=O) groups is 1. The van der Waals surface area contributed by atoms with Crippen LogP contribution in [-0.4, -0.2) is 27.9 Å². The molecule has 10 heteroatoms. The van der Waals surface area contributed by atoms with Gasteiger partial charge in [0.15, 0.2) is 0 Å². The molecule has 0 bridgehead atoms. The molecule has 0 heterocycles. The van der Waals surface area contributed by atoms with Crippen molar-refractivity contribution in [2.24, 2.45) is 0 Å². The molecule has 0 spiro atoms. The van der Waals surface area contributed by atoms with Crippen LogP contribution >= 0.6 is 11.9 Å². The summed E-state index contributed by atoms with van der Waals surface area (Å²) in [5.74, 6) is -7.69. The van der Waals surface area contributed by atoms with E-state index in [1.807, 2.05) is 0 Å². The molecule has 0 saturated heterocycles. The van der Waals surface area contributed by atoms with Gasteiger partial charge in [0.05, 0.1) is 0 Å². The SMILES string of the molecule is CCOC(=O)C(F)(F)[C](F)([Hg][Br])C(F)(F)F. The Morgan fingerprint density at radius 3 is 1.94 bits per heavy atom. The third kappa shape index (κ3) is 2.83. The van der Waals surface area contributed by atoms with E-state index in [0.717, 1.165) is 6.92 Å². The van der Waals surface area contributed by atoms with Crippen LogP contribution in [0, 0.1) is 0 Å². The summed E-state index contributed by atoms with van der Waals surface area (Å²) < 4.78 is 74.7. The summed E-state index contributed by atoms with van der Waals surface area (Å²) in [6, 6.07) is 0. The van der Waals surface area contributed by atoms with Crippen molar-refractivity contribution in [2.45, 2.75) is 22.2 Å². The molecule has 16 heavy (non-hydrogen) atoms. The van der Waals surface area contributed by atoms with Gasteiger partial charge in [0, 0.05) is 0 Å². The first-order valence-corrected chi connectivity index (χ1v) is 18.6. The Morgan fingerprint density at radius 1 is 1.25 bits per heavy atom. The fourth-order valence-electron chi connectivity index (χ4n) is 0.721. The van der Waals surface area contributed by atoms with E-state index in [2.05, 4.69) is 16.6 Å². The van der Waals surface area contributed by atoms with Crippen LogP contribution in [0.1, 0.15) is 6.92 Å². The van der Waals surface area contributed by atoms with E-state index in [4.69, 9.17) is 0 Å². The average Bonchev–Trinajstić information content (AvgIpc) is 2.14. The van der Waals surface area contributed by atoms with Gasteiger partial charge in [-0.1, -0.05) is 0 Å². The fourth-order valence-corrected chi connectivity index (χ4v) is 8.40. The van der Waals surface area contributed by atoms with Crippen LogP contribution in [0.2, 0.25) is 0 Å². The van der Waals surface area contributed by atoms with Crippen molar-refractivity contribution in [3.63, 3.8) is 0 Å². The molecule has 0 aliphatic rings. The molecule has 0 aliphatic heterocycles. The molecule has 92 valence electrons. The Hall–Kier alpha value is 0.465. The van der Waals surface area contributed by atoms with Crippen molar-refractivity contribution in [2.75, 3.05) is 6.61 Å². The van der Waals surface area contributed by atoms with Gasteiger partial charge in [-0.2, -0.15) is 0 Å². The van der Waals surface area contributed by atoms with Crippen LogP contribution in [0.5, 0.6) is 0 Å². The monoisotopic (exact) mass is 504 g/mol. The van der Waals surface area contributed by atoms with Gasteiger partial charge in [0.2, 0.25) is 0 Å². The van der Waals surface area contributed by atoms with Gasteiger partial charge in [-0.15, -0.1) is 0 Å². The summed E-state index contributed by atoms with van der Waals surface area (Å²) in [4.78, 5) is 10.6. The third-order valence-corrected chi connectivity index (χ3v) is 13.2. The normalized spacial score (nSPS) is 16.2. The summed E-state index contributed by atoms with van der Waals surface area (Å²) in [6.45, 7) is 0.571. The zero-order valence-corrected chi connectivity index (χ0v) is 15.0. The van der Waals surface area contributed by atoms with Gasteiger partial charge in [0.1, 0.15) is 0 Å². The Bertz CT molecular complexity index is 270. The van der Waals surface area contributed by atoms with Gasteiger partial charge in [-0.05, 0) is 0 Å². The second kappa shape index (κ2) is 5.41. The van der Waals surface area contributed by atoms with Gasteiger partial charge in [-0.3, -0.25) is 0 Å². The minimum absolute atomic E-state index is 0.554. The van der Waals surface area contributed by atoms with Crippen LogP contribution < -0.4 is 0 Å². The number of alkyl halides is 6. The average molecular weight is 504 g/mol. The Morgan fingerprint density at radius 2 is 1.69 bits per heavy atom. The summed E-state index contributed by atoms with van der Waals surface area (Å²) in [5, 5.41) is 0. The fraction of sp³-hybridized carbons (Fsp3) is 0.833. The first-order chi connectivity index (χ1) is 7.04. The number of hydrogen-bond acceptors (Lipinski definition) is 2. The molecular formula is C6H5BrF6HgO2. The van der Waals surface area contributed by atoms with Crippen LogP contribution in [0.25, 0.3) is 0 Å². The molecular weight excluding hydrogens is 499 g/mol. The molecule has 0 rings (SSSR count). The predicted octanol–water partition coefficient (Wildman–Crippen LogP) is 2.81. The van der Waals surface area contributed by atoms with Crippen LogP contribution in [0.3, 0.4) is 0 Å². The van der Waals surface area contributed by atoms with Crippen molar-refractivity contribution < 1.29 is 58.0 Å². The first kappa shape index (κ1) is 16.5. The molecule has 0 aliphatic carbocycles. The van der Waals surface area contributed by atoms with Gasteiger partial charge < -0.3 is 0 Å². The van der Waals surface area contributed by atoms with E-state index in [1.165, 1.54) is 0 Å². The minimum atomic E-state index is -5.80. The summed E-state index contributed by atoms with van der Waals surface area (Å²) >= 11 is -1.64. The number of carbonyl (C=O) groups excluding carboxylic acids is 1. The van der Waals surface area contributed by atoms with E-state index >= 15 is 0 Å². The molecule has 0 radical (unpaired) electrons. The van der Waals surface area contributed by atoms with E-state index in [9.17, 15) is 31.1 Å². The number of ether oxygens (including phenoxy) is 1. The molecule has 1 atom stereocenters. The second-order valence-corrected chi connectivity index (χ2v) is 12.5.